The highest BCUT2D eigenvalue weighted by Gasteiger charge is 2.28. The Morgan fingerprint density at radius 3 is 2.16 bits per heavy atom. The van der Waals surface area contributed by atoms with Crippen molar-refractivity contribution in [2.45, 2.75) is 6.54 Å². The van der Waals surface area contributed by atoms with Crippen molar-refractivity contribution in [2.75, 3.05) is 6.54 Å². The SMILES string of the molecule is O=C(CN1Cc2ccccc2C1=O)c1ccc(-c2ccccc2)cc1. The molecule has 0 atom stereocenters. The Bertz CT molecular complexity index is 930. The number of fused-ring (bicyclic) bond motifs is 1. The first-order valence-electron chi connectivity index (χ1n) is 8.28. The minimum atomic E-state index is -0.0649. The molecule has 0 aromatic heterocycles. The summed E-state index contributed by atoms with van der Waals surface area (Å²) in [7, 11) is 0. The lowest BCUT2D eigenvalue weighted by molar-refractivity contribution is 0.0729. The molecule has 3 aromatic rings. The van der Waals surface area contributed by atoms with Gasteiger partial charge in [0.2, 0.25) is 0 Å². The van der Waals surface area contributed by atoms with Crippen molar-refractivity contribution in [1.82, 2.24) is 4.90 Å². The van der Waals surface area contributed by atoms with Gasteiger partial charge in [0, 0.05) is 17.7 Å². The van der Waals surface area contributed by atoms with E-state index in [2.05, 4.69) is 0 Å². The quantitative estimate of drug-likeness (QED) is 0.674. The zero-order chi connectivity index (χ0) is 17.2. The lowest BCUT2D eigenvalue weighted by Gasteiger charge is -2.14. The molecular formula is C22H17NO2. The topological polar surface area (TPSA) is 37.4 Å². The third-order valence-electron chi connectivity index (χ3n) is 4.54. The molecule has 1 aliphatic heterocycles. The van der Waals surface area contributed by atoms with E-state index in [1.807, 2.05) is 78.9 Å². The largest absolute Gasteiger partial charge is 0.327 e. The molecule has 0 unspecified atom stereocenters. The third kappa shape index (κ3) is 2.96. The average Bonchev–Trinajstić information content (AvgIpc) is 2.98. The van der Waals surface area contributed by atoms with Gasteiger partial charge in [-0.05, 0) is 22.8 Å². The fraction of sp³-hybridized carbons (Fsp3) is 0.0909. The van der Waals surface area contributed by atoms with Gasteiger partial charge in [-0.2, -0.15) is 0 Å². The Hall–Kier alpha value is -3.20. The predicted molar refractivity (Wildman–Crippen MR) is 97.4 cm³/mol. The molecule has 0 N–H and O–H groups in total. The zero-order valence-electron chi connectivity index (χ0n) is 13.7. The van der Waals surface area contributed by atoms with Gasteiger partial charge in [-0.3, -0.25) is 9.59 Å². The number of rotatable bonds is 4. The van der Waals surface area contributed by atoms with Crippen molar-refractivity contribution < 1.29 is 9.59 Å². The number of hydrogen-bond acceptors (Lipinski definition) is 2. The summed E-state index contributed by atoms with van der Waals surface area (Å²) < 4.78 is 0. The van der Waals surface area contributed by atoms with E-state index >= 15 is 0 Å². The molecule has 3 aromatic carbocycles. The van der Waals surface area contributed by atoms with Crippen molar-refractivity contribution in [2.24, 2.45) is 0 Å². The highest BCUT2D eigenvalue weighted by molar-refractivity contribution is 6.04. The van der Waals surface area contributed by atoms with E-state index < -0.39 is 0 Å². The summed E-state index contributed by atoms with van der Waals surface area (Å²) in [6.07, 6.45) is 0. The molecule has 0 saturated carbocycles. The molecular weight excluding hydrogens is 310 g/mol. The predicted octanol–water partition coefficient (Wildman–Crippen LogP) is 4.19. The van der Waals surface area contributed by atoms with Gasteiger partial charge in [-0.1, -0.05) is 72.8 Å². The highest BCUT2D eigenvalue weighted by Crippen LogP contribution is 2.23. The Balaban J connectivity index is 1.48. The van der Waals surface area contributed by atoms with Gasteiger partial charge in [-0.15, -0.1) is 0 Å². The van der Waals surface area contributed by atoms with E-state index in [1.165, 1.54) is 0 Å². The molecule has 0 radical (unpaired) electrons. The lowest BCUT2D eigenvalue weighted by atomic mass is 10.0. The molecule has 0 fully saturated rings. The van der Waals surface area contributed by atoms with E-state index in [-0.39, 0.29) is 18.2 Å². The maximum absolute atomic E-state index is 12.6. The minimum absolute atomic E-state index is 0.0410. The number of ketones is 1. The summed E-state index contributed by atoms with van der Waals surface area (Å²) in [6.45, 7) is 0.612. The first kappa shape index (κ1) is 15.3. The van der Waals surface area contributed by atoms with Crippen LogP contribution >= 0.6 is 0 Å². The van der Waals surface area contributed by atoms with Gasteiger partial charge in [0.25, 0.3) is 5.91 Å². The molecule has 0 aliphatic carbocycles. The van der Waals surface area contributed by atoms with Crippen molar-refractivity contribution >= 4 is 11.7 Å². The molecule has 4 rings (SSSR count). The molecule has 1 amide bonds. The maximum atomic E-state index is 12.6. The van der Waals surface area contributed by atoms with Crippen molar-refractivity contribution in [3.63, 3.8) is 0 Å². The van der Waals surface area contributed by atoms with E-state index in [4.69, 9.17) is 0 Å². The lowest BCUT2D eigenvalue weighted by Crippen LogP contribution is -2.30. The molecule has 3 nitrogen and oxygen atoms in total. The van der Waals surface area contributed by atoms with Crippen LogP contribution in [0.25, 0.3) is 11.1 Å². The van der Waals surface area contributed by atoms with Crippen LogP contribution in [0.4, 0.5) is 0 Å². The van der Waals surface area contributed by atoms with Gasteiger partial charge < -0.3 is 4.90 Å². The van der Waals surface area contributed by atoms with E-state index in [0.29, 0.717) is 17.7 Å². The number of amides is 1. The second-order valence-corrected chi connectivity index (χ2v) is 6.18. The van der Waals surface area contributed by atoms with Gasteiger partial charge in [0.05, 0.1) is 6.54 Å². The van der Waals surface area contributed by atoms with Crippen LogP contribution in [0.5, 0.6) is 0 Å². The second-order valence-electron chi connectivity index (χ2n) is 6.18. The van der Waals surface area contributed by atoms with Crippen molar-refractivity contribution in [3.05, 3.63) is 95.6 Å². The Morgan fingerprint density at radius 2 is 1.44 bits per heavy atom. The summed E-state index contributed by atoms with van der Waals surface area (Å²) >= 11 is 0. The normalized spacial score (nSPS) is 13.0. The molecule has 1 heterocycles. The standard InChI is InChI=1S/C22H17NO2/c24-21(15-23-14-19-8-4-5-9-20(19)22(23)25)18-12-10-17(11-13-18)16-6-2-1-3-7-16/h1-13H,14-15H2. The molecule has 0 spiro atoms. The Labute approximate surface area is 146 Å². The monoisotopic (exact) mass is 327 g/mol. The summed E-state index contributed by atoms with van der Waals surface area (Å²) in [6, 6.07) is 25.1. The minimum Gasteiger partial charge on any atom is -0.327 e. The van der Waals surface area contributed by atoms with Gasteiger partial charge in [0.15, 0.2) is 5.78 Å². The van der Waals surface area contributed by atoms with Crippen LogP contribution in [0.15, 0.2) is 78.9 Å². The summed E-state index contributed by atoms with van der Waals surface area (Å²) in [5, 5.41) is 0. The molecule has 3 heteroatoms. The van der Waals surface area contributed by atoms with Gasteiger partial charge >= 0.3 is 0 Å². The number of carbonyl (C=O) groups excluding carboxylic acids is 2. The molecule has 0 bridgehead atoms. The Morgan fingerprint density at radius 1 is 0.800 bits per heavy atom. The van der Waals surface area contributed by atoms with Crippen LogP contribution in [-0.2, 0) is 6.54 Å². The number of nitrogens with zero attached hydrogens (tertiary/aromatic N) is 1. The summed E-state index contributed by atoms with van der Waals surface area (Å²) in [4.78, 5) is 26.5. The second kappa shape index (κ2) is 6.36. The fourth-order valence-electron chi connectivity index (χ4n) is 3.19. The van der Waals surface area contributed by atoms with E-state index in [1.54, 1.807) is 4.90 Å². The highest BCUT2D eigenvalue weighted by atomic mass is 16.2. The van der Waals surface area contributed by atoms with Crippen LogP contribution < -0.4 is 0 Å². The van der Waals surface area contributed by atoms with Gasteiger partial charge in [0.1, 0.15) is 0 Å². The maximum Gasteiger partial charge on any atom is 0.254 e. The molecule has 122 valence electrons. The molecule has 25 heavy (non-hydrogen) atoms. The number of hydrogen-bond donors (Lipinski definition) is 0. The zero-order valence-corrected chi connectivity index (χ0v) is 13.7. The first-order valence-corrected chi connectivity index (χ1v) is 8.28. The van der Waals surface area contributed by atoms with Crippen LogP contribution in [0.1, 0.15) is 26.3 Å². The fourth-order valence-corrected chi connectivity index (χ4v) is 3.19. The van der Waals surface area contributed by atoms with E-state index in [0.717, 1.165) is 16.7 Å². The van der Waals surface area contributed by atoms with Crippen LogP contribution in [0.3, 0.4) is 0 Å². The van der Waals surface area contributed by atoms with Gasteiger partial charge in [-0.25, -0.2) is 0 Å². The summed E-state index contributed by atoms with van der Waals surface area (Å²) in [5.41, 5.74) is 4.51. The smallest absolute Gasteiger partial charge is 0.254 e. The number of Topliss-reactive ketones (excluding diaryl/α,β-unsaturated/α-hetero) is 1. The van der Waals surface area contributed by atoms with Crippen LogP contribution in [0.2, 0.25) is 0 Å². The third-order valence-corrected chi connectivity index (χ3v) is 4.54. The molecule has 1 aliphatic rings. The Kier molecular flexibility index (Phi) is 3.90. The first-order chi connectivity index (χ1) is 12.2. The number of carbonyl (C=O) groups is 2. The van der Waals surface area contributed by atoms with Crippen LogP contribution in [-0.4, -0.2) is 23.1 Å². The average molecular weight is 327 g/mol. The molecule has 0 saturated heterocycles. The summed E-state index contributed by atoms with van der Waals surface area (Å²) in [5.74, 6) is -0.106. The van der Waals surface area contributed by atoms with Crippen LogP contribution in [0, 0.1) is 0 Å². The van der Waals surface area contributed by atoms with Crippen molar-refractivity contribution in [3.8, 4) is 11.1 Å². The van der Waals surface area contributed by atoms with E-state index in [9.17, 15) is 9.59 Å². The number of benzene rings is 3. The van der Waals surface area contributed by atoms with Crippen molar-refractivity contribution in [1.29, 1.82) is 0 Å².